The second-order valence-corrected chi connectivity index (χ2v) is 6.70. The Kier molecular flexibility index (Phi) is 4.12. The Morgan fingerprint density at radius 2 is 2.14 bits per heavy atom. The Hall–Kier alpha value is -1.22. The van der Waals surface area contributed by atoms with Gasteiger partial charge in [0.1, 0.15) is 17.1 Å². The van der Waals surface area contributed by atoms with E-state index < -0.39 is 0 Å². The van der Waals surface area contributed by atoms with E-state index in [2.05, 4.69) is 17.6 Å². The molecule has 0 bridgehead atoms. The molecule has 1 aromatic carbocycles. The fourth-order valence-corrected chi connectivity index (χ4v) is 3.22. The van der Waals surface area contributed by atoms with E-state index >= 15 is 0 Å². The van der Waals surface area contributed by atoms with Gasteiger partial charge in [0.2, 0.25) is 0 Å². The van der Waals surface area contributed by atoms with Crippen LogP contribution < -0.4 is 4.74 Å². The fraction of sp³-hybridized carbons (Fsp3) is 0.588. The largest absolute Gasteiger partial charge is 0.492 e. The van der Waals surface area contributed by atoms with E-state index in [1.54, 1.807) is 0 Å². The molecule has 0 amide bonds. The van der Waals surface area contributed by atoms with Gasteiger partial charge < -0.3 is 9.30 Å². The Labute approximate surface area is 131 Å². The molecule has 0 radical (unpaired) electrons. The number of halogens is 1. The van der Waals surface area contributed by atoms with Crippen molar-refractivity contribution in [2.45, 2.75) is 51.5 Å². The van der Waals surface area contributed by atoms with Crippen LogP contribution in [-0.4, -0.2) is 16.2 Å². The van der Waals surface area contributed by atoms with Crippen LogP contribution in [0.2, 0.25) is 0 Å². The number of para-hydroxylation sites is 1. The van der Waals surface area contributed by atoms with Gasteiger partial charge in [-0.3, -0.25) is 0 Å². The molecule has 1 heterocycles. The van der Waals surface area contributed by atoms with Gasteiger partial charge in [0.05, 0.1) is 17.5 Å². The second kappa shape index (κ2) is 5.88. The van der Waals surface area contributed by atoms with Crippen LogP contribution in [0, 0.1) is 5.92 Å². The molecule has 4 heteroatoms. The number of nitrogens with zero attached hydrogens (tertiary/aromatic N) is 2. The molecule has 0 saturated heterocycles. The van der Waals surface area contributed by atoms with Crippen LogP contribution in [0.4, 0.5) is 0 Å². The highest BCUT2D eigenvalue weighted by molar-refractivity contribution is 6.20. The SMILES string of the molecule is CCOc1cccc2c1nc(C(C)Cl)n2C(C)CC1CC1. The maximum absolute atomic E-state index is 6.38. The van der Waals surface area contributed by atoms with E-state index in [1.807, 2.05) is 26.0 Å². The number of hydrogen-bond donors (Lipinski definition) is 0. The first-order chi connectivity index (χ1) is 10.1. The molecule has 3 nitrogen and oxygen atoms in total. The minimum absolute atomic E-state index is 0.103. The molecule has 1 aliphatic rings. The van der Waals surface area contributed by atoms with Gasteiger partial charge in [0, 0.05) is 6.04 Å². The third kappa shape index (κ3) is 2.89. The van der Waals surface area contributed by atoms with Crippen molar-refractivity contribution >= 4 is 22.6 Å². The predicted octanol–water partition coefficient (Wildman–Crippen LogP) is 5.10. The summed E-state index contributed by atoms with van der Waals surface area (Å²) in [6, 6.07) is 6.57. The monoisotopic (exact) mass is 306 g/mol. The zero-order chi connectivity index (χ0) is 15.0. The Balaban J connectivity index is 2.10. The third-order valence-corrected chi connectivity index (χ3v) is 4.37. The van der Waals surface area contributed by atoms with Crippen LogP contribution in [-0.2, 0) is 0 Å². The molecule has 3 rings (SSSR count). The van der Waals surface area contributed by atoms with Gasteiger partial charge in [-0.25, -0.2) is 4.98 Å². The quantitative estimate of drug-likeness (QED) is 0.695. The Bertz CT molecular complexity index is 631. The number of benzene rings is 1. The molecule has 21 heavy (non-hydrogen) atoms. The summed E-state index contributed by atoms with van der Waals surface area (Å²) in [6.07, 6.45) is 3.95. The maximum Gasteiger partial charge on any atom is 0.147 e. The van der Waals surface area contributed by atoms with Crippen molar-refractivity contribution in [2.75, 3.05) is 6.61 Å². The van der Waals surface area contributed by atoms with Crippen molar-refractivity contribution in [3.63, 3.8) is 0 Å². The number of ether oxygens (including phenoxy) is 1. The minimum Gasteiger partial charge on any atom is -0.492 e. The zero-order valence-electron chi connectivity index (χ0n) is 13.0. The number of imidazole rings is 1. The molecule has 2 atom stereocenters. The maximum atomic E-state index is 6.38. The Morgan fingerprint density at radius 1 is 1.38 bits per heavy atom. The smallest absolute Gasteiger partial charge is 0.147 e. The number of hydrogen-bond acceptors (Lipinski definition) is 2. The van der Waals surface area contributed by atoms with Gasteiger partial charge in [-0.1, -0.05) is 18.9 Å². The van der Waals surface area contributed by atoms with Crippen molar-refractivity contribution in [3.8, 4) is 5.75 Å². The molecule has 2 aromatic rings. The summed E-state index contributed by atoms with van der Waals surface area (Å²) in [7, 11) is 0. The molecular weight excluding hydrogens is 284 g/mol. The van der Waals surface area contributed by atoms with Crippen LogP contribution in [0.5, 0.6) is 5.75 Å². The molecule has 114 valence electrons. The van der Waals surface area contributed by atoms with Gasteiger partial charge in [-0.15, -0.1) is 11.6 Å². The lowest BCUT2D eigenvalue weighted by molar-refractivity contribution is 0.343. The van der Waals surface area contributed by atoms with E-state index in [4.69, 9.17) is 21.3 Å². The molecule has 1 saturated carbocycles. The first kappa shape index (κ1) is 14.7. The van der Waals surface area contributed by atoms with Crippen LogP contribution in [0.25, 0.3) is 11.0 Å². The number of aromatic nitrogens is 2. The summed E-state index contributed by atoms with van der Waals surface area (Å²) in [5.41, 5.74) is 2.07. The summed E-state index contributed by atoms with van der Waals surface area (Å²) in [5, 5.41) is -0.103. The number of alkyl halides is 1. The van der Waals surface area contributed by atoms with Crippen LogP contribution in [0.1, 0.15) is 57.3 Å². The predicted molar refractivity (Wildman–Crippen MR) is 87.2 cm³/mol. The van der Waals surface area contributed by atoms with E-state index in [1.165, 1.54) is 19.3 Å². The van der Waals surface area contributed by atoms with Crippen molar-refractivity contribution in [3.05, 3.63) is 24.0 Å². The highest BCUT2D eigenvalue weighted by Crippen LogP contribution is 2.40. The molecule has 0 aliphatic heterocycles. The zero-order valence-corrected chi connectivity index (χ0v) is 13.7. The van der Waals surface area contributed by atoms with Crippen molar-refractivity contribution in [2.24, 2.45) is 5.92 Å². The number of fused-ring (bicyclic) bond motifs is 1. The normalized spacial score (nSPS) is 17.9. The first-order valence-electron chi connectivity index (χ1n) is 7.89. The van der Waals surface area contributed by atoms with Gasteiger partial charge in [0.15, 0.2) is 0 Å². The number of rotatable bonds is 6. The van der Waals surface area contributed by atoms with Crippen molar-refractivity contribution < 1.29 is 4.74 Å². The lowest BCUT2D eigenvalue weighted by Crippen LogP contribution is -2.10. The molecule has 1 aromatic heterocycles. The van der Waals surface area contributed by atoms with Gasteiger partial charge >= 0.3 is 0 Å². The van der Waals surface area contributed by atoms with E-state index in [0.717, 1.165) is 28.5 Å². The fourth-order valence-electron chi connectivity index (χ4n) is 3.07. The average Bonchev–Trinajstić information content (AvgIpc) is 3.16. The van der Waals surface area contributed by atoms with Gasteiger partial charge in [-0.05, 0) is 45.2 Å². The summed E-state index contributed by atoms with van der Waals surface area (Å²) in [6.45, 7) is 6.91. The van der Waals surface area contributed by atoms with E-state index in [-0.39, 0.29) is 5.38 Å². The molecule has 1 aliphatic carbocycles. The second-order valence-electron chi connectivity index (χ2n) is 6.04. The summed E-state index contributed by atoms with van der Waals surface area (Å²) in [4.78, 5) is 4.79. The first-order valence-corrected chi connectivity index (χ1v) is 8.33. The van der Waals surface area contributed by atoms with Gasteiger partial charge in [0.25, 0.3) is 0 Å². The topological polar surface area (TPSA) is 27.1 Å². The van der Waals surface area contributed by atoms with Gasteiger partial charge in [-0.2, -0.15) is 0 Å². The van der Waals surface area contributed by atoms with Crippen molar-refractivity contribution in [1.29, 1.82) is 0 Å². The highest BCUT2D eigenvalue weighted by atomic mass is 35.5. The summed E-state index contributed by atoms with van der Waals surface area (Å²) < 4.78 is 8.03. The van der Waals surface area contributed by atoms with E-state index in [9.17, 15) is 0 Å². The highest BCUT2D eigenvalue weighted by Gasteiger charge is 2.27. The van der Waals surface area contributed by atoms with Crippen LogP contribution >= 0.6 is 11.6 Å². The lowest BCUT2D eigenvalue weighted by atomic mass is 10.1. The molecule has 1 fully saturated rings. The Morgan fingerprint density at radius 3 is 2.76 bits per heavy atom. The molecule has 2 unspecified atom stereocenters. The summed E-state index contributed by atoms with van der Waals surface area (Å²) >= 11 is 6.38. The standard InChI is InChI=1S/C17H23ClN2O/c1-4-21-15-7-5-6-14-16(15)19-17(12(3)18)20(14)11(2)10-13-8-9-13/h5-7,11-13H,4,8-10H2,1-3H3. The third-order valence-electron chi connectivity index (χ3n) is 4.18. The molecule has 0 spiro atoms. The molecule has 0 N–H and O–H groups in total. The minimum atomic E-state index is -0.103. The van der Waals surface area contributed by atoms with Crippen LogP contribution in [0.3, 0.4) is 0 Å². The average molecular weight is 307 g/mol. The van der Waals surface area contributed by atoms with Crippen molar-refractivity contribution in [1.82, 2.24) is 9.55 Å². The van der Waals surface area contributed by atoms with E-state index in [0.29, 0.717) is 12.6 Å². The lowest BCUT2D eigenvalue weighted by Gasteiger charge is -2.18. The van der Waals surface area contributed by atoms with Crippen LogP contribution in [0.15, 0.2) is 18.2 Å². The molecular formula is C17H23ClN2O. The summed E-state index contributed by atoms with van der Waals surface area (Å²) in [5.74, 6) is 2.68.